The highest BCUT2D eigenvalue weighted by Gasteiger charge is 2.19. The number of nitrogens with zero attached hydrogens (tertiary/aromatic N) is 1. The van der Waals surface area contributed by atoms with Gasteiger partial charge in [0.25, 0.3) is 0 Å². The van der Waals surface area contributed by atoms with Gasteiger partial charge in [-0.2, -0.15) is 5.26 Å². The van der Waals surface area contributed by atoms with Crippen LogP contribution >= 0.6 is 0 Å². The van der Waals surface area contributed by atoms with Crippen LogP contribution in [-0.4, -0.2) is 12.6 Å². The molecule has 0 heterocycles. The zero-order valence-electron chi connectivity index (χ0n) is 11.9. The fourth-order valence-corrected chi connectivity index (χ4v) is 2.78. The number of benzene rings is 2. The number of hydrogen-bond acceptors (Lipinski definition) is 3. The summed E-state index contributed by atoms with van der Waals surface area (Å²) in [6.07, 6.45) is 2.22. The molecule has 0 saturated carbocycles. The van der Waals surface area contributed by atoms with Crippen LogP contribution in [0.3, 0.4) is 0 Å². The van der Waals surface area contributed by atoms with Crippen molar-refractivity contribution < 1.29 is 4.74 Å². The molecule has 0 amide bonds. The molecule has 1 aliphatic rings. The van der Waals surface area contributed by atoms with E-state index in [1.807, 2.05) is 30.3 Å². The molecule has 1 aliphatic carbocycles. The molecule has 2 aromatic carbocycles. The van der Waals surface area contributed by atoms with Crippen molar-refractivity contribution in [2.24, 2.45) is 0 Å². The lowest BCUT2D eigenvalue weighted by Crippen LogP contribution is -2.28. The number of fused-ring (bicyclic) bond motifs is 1. The van der Waals surface area contributed by atoms with E-state index in [0.29, 0.717) is 6.04 Å². The Labute approximate surface area is 125 Å². The Morgan fingerprint density at radius 1 is 1.05 bits per heavy atom. The Morgan fingerprint density at radius 2 is 1.71 bits per heavy atom. The molecule has 0 radical (unpaired) electrons. The van der Waals surface area contributed by atoms with Crippen molar-refractivity contribution in [3.05, 3.63) is 65.2 Å². The zero-order chi connectivity index (χ0) is 14.5. The Morgan fingerprint density at radius 3 is 2.33 bits per heavy atom. The molecule has 3 nitrogen and oxygen atoms in total. The van der Waals surface area contributed by atoms with Crippen LogP contribution < -0.4 is 10.1 Å². The fraction of sp³-hybridized carbons (Fsp3) is 0.278. The van der Waals surface area contributed by atoms with E-state index in [9.17, 15) is 0 Å². The van der Waals surface area contributed by atoms with E-state index >= 15 is 0 Å². The molecule has 0 aliphatic heterocycles. The first-order valence-corrected chi connectivity index (χ1v) is 7.24. The molecule has 0 unspecified atom stereocenters. The smallest absolute Gasteiger partial charge is 0.174 e. The molecular weight excluding hydrogens is 260 g/mol. The molecule has 0 saturated heterocycles. The summed E-state index contributed by atoms with van der Waals surface area (Å²) in [6.45, 7) is 0.953. The van der Waals surface area contributed by atoms with Crippen LogP contribution in [0.5, 0.6) is 5.75 Å². The molecule has 106 valence electrons. The van der Waals surface area contributed by atoms with Crippen molar-refractivity contribution in [1.82, 2.24) is 5.32 Å². The minimum atomic E-state index is 0.0952. The lowest BCUT2D eigenvalue weighted by Gasteiger charge is -2.12. The molecule has 0 bridgehead atoms. The number of ether oxygens (including phenoxy) is 1. The highest BCUT2D eigenvalue weighted by atomic mass is 16.5. The summed E-state index contributed by atoms with van der Waals surface area (Å²) in [7, 11) is 0. The molecule has 0 aromatic heterocycles. The second-order valence-corrected chi connectivity index (χ2v) is 5.35. The van der Waals surface area contributed by atoms with Crippen molar-refractivity contribution in [3.8, 4) is 11.8 Å². The van der Waals surface area contributed by atoms with E-state index in [1.54, 1.807) is 0 Å². The Hall–Kier alpha value is -2.31. The predicted molar refractivity (Wildman–Crippen MR) is 82.0 cm³/mol. The van der Waals surface area contributed by atoms with Crippen LogP contribution in [0.1, 0.15) is 16.7 Å². The first-order chi connectivity index (χ1) is 10.3. The maximum absolute atomic E-state index is 8.48. The number of nitriles is 1. The third-order valence-corrected chi connectivity index (χ3v) is 3.87. The lowest BCUT2D eigenvalue weighted by atomic mass is 10.1. The summed E-state index contributed by atoms with van der Waals surface area (Å²) in [4.78, 5) is 0. The third-order valence-electron chi connectivity index (χ3n) is 3.87. The van der Waals surface area contributed by atoms with Crippen LogP contribution in [0.4, 0.5) is 0 Å². The molecule has 2 aromatic rings. The standard InChI is InChI=1S/C18H18N2O/c19-9-10-21-18-7-5-14(6-8-18)13-20-17-11-15-3-1-2-4-16(15)12-17/h1-8,17,20H,10-13H2. The summed E-state index contributed by atoms with van der Waals surface area (Å²) < 4.78 is 5.25. The van der Waals surface area contributed by atoms with Gasteiger partial charge in [0.15, 0.2) is 6.61 Å². The monoisotopic (exact) mass is 278 g/mol. The second-order valence-electron chi connectivity index (χ2n) is 5.35. The summed E-state index contributed by atoms with van der Waals surface area (Å²) in [5.74, 6) is 0.744. The molecule has 21 heavy (non-hydrogen) atoms. The van der Waals surface area contributed by atoms with Gasteiger partial charge in [-0.15, -0.1) is 0 Å². The van der Waals surface area contributed by atoms with Crippen LogP contribution in [-0.2, 0) is 19.4 Å². The summed E-state index contributed by atoms with van der Waals surface area (Å²) in [6, 6.07) is 19.1. The van der Waals surface area contributed by atoms with E-state index in [2.05, 4.69) is 29.6 Å². The van der Waals surface area contributed by atoms with Crippen molar-refractivity contribution in [3.63, 3.8) is 0 Å². The van der Waals surface area contributed by atoms with Gasteiger partial charge in [0.2, 0.25) is 0 Å². The van der Waals surface area contributed by atoms with Crippen LogP contribution in [0.2, 0.25) is 0 Å². The minimum absolute atomic E-state index is 0.0952. The number of hydrogen-bond donors (Lipinski definition) is 1. The maximum Gasteiger partial charge on any atom is 0.174 e. The van der Waals surface area contributed by atoms with Gasteiger partial charge in [0, 0.05) is 12.6 Å². The zero-order valence-corrected chi connectivity index (χ0v) is 11.9. The van der Waals surface area contributed by atoms with Crippen molar-refractivity contribution in [1.29, 1.82) is 5.26 Å². The topological polar surface area (TPSA) is 45.0 Å². The molecule has 3 heteroatoms. The summed E-state index contributed by atoms with van der Waals surface area (Å²) >= 11 is 0. The van der Waals surface area contributed by atoms with Gasteiger partial charge in [-0.05, 0) is 41.7 Å². The quantitative estimate of drug-likeness (QED) is 0.914. The highest BCUT2D eigenvalue weighted by molar-refractivity contribution is 5.33. The van der Waals surface area contributed by atoms with Crippen LogP contribution in [0.15, 0.2) is 48.5 Å². The number of rotatable bonds is 5. The first kappa shape index (κ1) is 13.7. The Kier molecular flexibility index (Phi) is 4.18. The molecule has 1 N–H and O–H groups in total. The molecule has 0 fully saturated rings. The Bertz CT molecular complexity index is 618. The average Bonchev–Trinajstić information content (AvgIpc) is 2.95. The van der Waals surface area contributed by atoms with E-state index < -0.39 is 0 Å². The SMILES string of the molecule is N#CCOc1ccc(CNC2Cc3ccccc3C2)cc1. The molecule has 0 spiro atoms. The van der Waals surface area contributed by atoms with Gasteiger partial charge in [-0.3, -0.25) is 0 Å². The number of nitrogens with one attached hydrogen (secondary N) is 1. The van der Waals surface area contributed by atoms with Crippen molar-refractivity contribution in [2.75, 3.05) is 6.61 Å². The third kappa shape index (κ3) is 3.42. The van der Waals surface area contributed by atoms with E-state index in [1.165, 1.54) is 16.7 Å². The van der Waals surface area contributed by atoms with E-state index in [0.717, 1.165) is 25.1 Å². The molecule has 3 rings (SSSR count). The second kappa shape index (κ2) is 6.43. The molecule has 0 atom stereocenters. The van der Waals surface area contributed by atoms with E-state index in [-0.39, 0.29) is 6.61 Å². The average molecular weight is 278 g/mol. The fourth-order valence-electron chi connectivity index (χ4n) is 2.78. The predicted octanol–water partition coefficient (Wildman–Crippen LogP) is 2.85. The van der Waals surface area contributed by atoms with Gasteiger partial charge in [-0.1, -0.05) is 36.4 Å². The van der Waals surface area contributed by atoms with Gasteiger partial charge < -0.3 is 10.1 Å². The van der Waals surface area contributed by atoms with Crippen molar-refractivity contribution >= 4 is 0 Å². The highest BCUT2D eigenvalue weighted by Crippen LogP contribution is 2.22. The first-order valence-electron chi connectivity index (χ1n) is 7.24. The van der Waals surface area contributed by atoms with Crippen molar-refractivity contribution in [2.45, 2.75) is 25.4 Å². The normalized spacial score (nSPS) is 13.7. The minimum Gasteiger partial charge on any atom is -0.479 e. The van der Waals surface area contributed by atoms with E-state index in [4.69, 9.17) is 10.00 Å². The van der Waals surface area contributed by atoms with Crippen LogP contribution in [0, 0.1) is 11.3 Å². The van der Waals surface area contributed by atoms with Gasteiger partial charge in [0.05, 0.1) is 0 Å². The van der Waals surface area contributed by atoms with Gasteiger partial charge >= 0.3 is 0 Å². The maximum atomic E-state index is 8.48. The summed E-state index contributed by atoms with van der Waals surface area (Å²) in [5, 5.41) is 12.1. The van der Waals surface area contributed by atoms with Gasteiger partial charge in [-0.25, -0.2) is 0 Å². The largest absolute Gasteiger partial charge is 0.479 e. The van der Waals surface area contributed by atoms with Crippen LogP contribution in [0.25, 0.3) is 0 Å². The summed E-state index contributed by atoms with van der Waals surface area (Å²) in [5.41, 5.74) is 4.17. The van der Waals surface area contributed by atoms with Gasteiger partial charge in [0.1, 0.15) is 11.8 Å². The Balaban J connectivity index is 1.51. The lowest BCUT2D eigenvalue weighted by molar-refractivity contribution is 0.368. The molecular formula is C18H18N2O.